The Balaban J connectivity index is 2.21. The maximum Gasteiger partial charge on any atom is 0.132 e. The molecule has 0 aliphatic carbocycles. The molecule has 0 saturated heterocycles. The van der Waals surface area contributed by atoms with Gasteiger partial charge in [-0.3, -0.25) is 4.68 Å². The van der Waals surface area contributed by atoms with Crippen molar-refractivity contribution in [1.29, 1.82) is 5.26 Å². The highest BCUT2D eigenvalue weighted by atomic mass is 35.5. The van der Waals surface area contributed by atoms with E-state index in [0.717, 1.165) is 5.56 Å². The minimum atomic E-state index is 0.321. The second-order valence-electron chi connectivity index (χ2n) is 4.03. The quantitative estimate of drug-likeness (QED) is 0.793. The van der Waals surface area contributed by atoms with Gasteiger partial charge in [-0.15, -0.1) is 0 Å². The summed E-state index contributed by atoms with van der Waals surface area (Å²) >= 11 is 5.87. The summed E-state index contributed by atoms with van der Waals surface area (Å²) in [5.74, 6) is 0.669. The standard InChI is InChI=1S/C12H12ClN5/c1-17(7-10-6-15-18(2)8-10)12-4-9(5-14)3-11(13)16-12/h3-4,6,8H,7H2,1-2H3. The van der Waals surface area contributed by atoms with E-state index in [1.165, 1.54) is 0 Å². The summed E-state index contributed by atoms with van der Waals surface area (Å²) < 4.78 is 1.75. The van der Waals surface area contributed by atoms with Gasteiger partial charge in [0.25, 0.3) is 0 Å². The molecule has 5 nitrogen and oxygen atoms in total. The zero-order valence-electron chi connectivity index (χ0n) is 10.1. The average molecular weight is 262 g/mol. The average Bonchev–Trinajstić information content (AvgIpc) is 2.73. The third-order valence-electron chi connectivity index (χ3n) is 2.48. The van der Waals surface area contributed by atoms with Gasteiger partial charge in [0.15, 0.2) is 0 Å². The molecular weight excluding hydrogens is 250 g/mol. The third-order valence-corrected chi connectivity index (χ3v) is 2.67. The van der Waals surface area contributed by atoms with Crippen molar-refractivity contribution in [2.24, 2.45) is 7.05 Å². The van der Waals surface area contributed by atoms with Crippen molar-refractivity contribution >= 4 is 17.4 Å². The lowest BCUT2D eigenvalue weighted by molar-refractivity contribution is 0.766. The maximum atomic E-state index is 8.89. The van der Waals surface area contributed by atoms with E-state index in [-0.39, 0.29) is 0 Å². The lowest BCUT2D eigenvalue weighted by atomic mass is 10.2. The first-order valence-corrected chi connectivity index (χ1v) is 5.72. The summed E-state index contributed by atoms with van der Waals surface area (Å²) in [5, 5.41) is 13.3. The van der Waals surface area contributed by atoms with Crippen LogP contribution >= 0.6 is 11.6 Å². The van der Waals surface area contributed by atoms with Crippen LogP contribution in [0.25, 0.3) is 0 Å². The summed E-state index contributed by atoms with van der Waals surface area (Å²) in [6, 6.07) is 5.32. The predicted octanol–water partition coefficient (Wildman–Crippen LogP) is 1.98. The second-order valence-corrected chi connectivity index (χ2v) is 4.41. The van der Waals surface area contributed by atoms with E-state index in [1.807, 2.05) is 25.2 Å². The molecule has 0 bridgehead atoms. The van der Waals surface area contributed by atoms with Crippen LogP contribution in [0.3, 0.4) is 0 Å². The van der Waals surface area contributed by atoms with Gasteiger partial charge in [-0.25, -0.2) is 4.98 Å². The first-order chi connectivity index (χ1) is 8.58. The van der Waals surface area contributed by atoms with Crippen molar-refractivity contribution in [3.05, 3.63) is 40.8 Å². The van der Waals surface area contributed by atoms with Gasteiger partial charge in [0.1, 0.15) is 11.0 Å². The summed E-state index contributed by atoms with van der Waals surface area (Å²) in [6.07, 6.45) is 3.73. The smallest absolute Gasteiger partial charge is 0.132 e. The normalized spacial score (nSPS) is 10.1. The van der Waals surface area contributed by atoms with Crippen molar-refractivity contribution in [2.75, 3.05) is 11.9 Å². The summed E-state index contributed by atoms with van der Waals surface area (Å²) in [7, 11) is 3.77. The Hall–Kier alpha value is -2.06. The molecule has 92 valence electrons. The van der Waals surface area contributed by atoms with Gasteiger partial charge in [0.2, 0.25) is 0 Å². The molecule has 0 aliphatic heterocycles. The Bertz CT molecular complexity index is 599. The number of nitriles is 1. The largest absolute Gasteiger partial charge is 0.355 e. The zero-order valence-corrected chi connectivity index (χ0v) is 10.9. The van der Waals surface area contributed by atoms with Gasteiger partial charge < -0.3 is 4.90 Å². The van der Waals surface area contributed by atoms with Crippen LogP contribution in [0, 0.1) is 11.3 Å². The Morgan fingerprint density at radius 3 is 2.89 bits per heavy atom. The van der Waals surface area contributed by atoms with E-state index >= 15 is 0 Å². The van der Waals surface area contributed by atoms with Crippen molar-refractivity contribution in [3.8, 4) is 6.07 Å². The highest BCUT2D eigenvalue weighted by Crippen LogP contribution is 2.18. The lowest BCUT2D eigenvalue weighted by Gasteiger charge is -2.17. The van der Waals surface area contributed by atoms with Crippen LogP contribution in [0.1, 0.15) is 11.1 Å². The molecule has 0 aliphatic rings. The molecule has 0 spiro atoms. The molecule has 0 saturated carbocycles. The molecule has 0 radical (unpaired) electrons. The van der Waals surface area contributed by atoms with E-state index < -0.39 is 0 Å². The number of aromatic nitrogens is 3. The number of halogens is 1. The van der Waals surface area contributed by atoms with E-state index in [4.69, 9.17) is 16.9 Å². The SMILES string of the molecule is CN(Cc1cnn(C)c1)c1cc(C#N)cc(Cl)n1. The second kappa shape index (κ2) is 5.07. The first kappa shape index (κ1) is 12.4. The van der Waals surface area contributed by atoms with Gasteiger partial charge >= 0.3 is 0 Å². The van der Waals surface area contributed by atoms with Crippen molar-refractivity contribution in [3.63, 3.8) is 0 Å². The molecule has 2 rings (SSSR count). The first-order valence-electron chi connectivity index (χ1n) is 5.35. The van der Waals surface area contributed by atoms with Crippen LogP contribution in [-0.4, -0.2) is 21.8 Å². The van der Waals surface area contributed by atoms with Gasteiger partial charge in [0, 0.05) is 32.4 Å². The van der Waals surface area contributed by atoms with Gasteiger partial charge in [-0.1, -0.05) is 11.6 Å². The minimum absolute atomic E-state index is 0.321. The molecular formula is C12H12ClN5. The van der Waals surface area contributed by atoms with Crippen molar-refractivity contribution in [2.45, 2.75) is 6.54 Å². The fourth-order valence-corrected chi connectivity index (χ4v) is 1.86. The third kappa shape index (κ3) is 2.79. The molecule has 0 unspecified atom stereocenters. The summed E-state index contributed by atoms with van der Waals surface area (Å²) in [6.45, 7) is 0.659. The lowest BCUT2D eigenvalue weighted by Crippen LogP contribution is -2.17. The molecule has 0 aromatic carbocycles. The molecule has 0 N–H and O–H groups in total. The van der Waals surface area contributed by atoms with Crippen LogP contribution in [0.4, 0.5) is 5.82 Å². The topological polar surface area (TPSA) is 57.7 Å². The Labute approximate surface area is 110 Å². The number of hydrogen-bond donors (Lipinski definition) is 0. The maximum absolute atomic E-state index is 8.89. The molecule has 0 atom stereocenters. The number of pyridine rings is 1. The van der Waals surface area contributed by atoms with Gasteiger partial charge in [0.05, 0.1) is 17.8 Å². The number of hydrogen-bond acceptors (Lipinski definition) is 4. The molecule has 6 heteroatoms. The summed E-state index contributed by atoms with van der Waals surface area (Å²) in [4.78, 5) is 6.12. The predicted molar refractivity (Wildman–Crippen MR) is 69.3 cm³/mol. The highest BCUT2D eigenvalue weighted by Gasteiger charge is 2.07. The van der Waals surface area contributed by atoms with Gasteiger partial charge in [-0.05, 0) is 12.1 Å². The molecule has 18 heavy (non-hydrogen) atoms. The number of rotatable bonds is 3. The van der Waals surface area contributed by atoms with Crippen LogP contribution in [0.5, 0.6) is 0 Å². The van der Waals surface area contributed by atoms with E-state index in [0.29, 0.717) is 23.1 Å². The zero-order chi connectivity index (χ0) is 13.1. The molecule has 2 aromatic heterocycles. The minimum Gasteiger partial charge on any atom is -0.355 e. The fraction of sp³-hybridized carbons (Fsp3) is 0.250. The van der Waals surface area contributed by atoms with E-state index in [2.05, 4.69) is 16.2 Å². The van der Waals surface area contributed by atoms with Crippen LogP contribution in [-0.2, 0) is 13.6 Å². The summed E-state index contributed by atoms with van der Waals surface area (Å²) in [5.41, 5.74) is 1.57. The van der Waals surface area contributed by atoms with Crippen LogP contribution in [0.15, 0.2) is 24.5 Å². The van der Waals surface area contributed by atoms with Crippen LogP contribution < -0.4 is 4.90 Å². The van der Waals surface area contributed by atoms with Crippen LogP contribution in [0.2, 0.25) is 5.15 Å². The van der Waals surface area contributed by atoms with E-state index in [1.54, 1.807) is 23.0 Å². The number of anilines is 1. The van der Waals surface area contributed by atoms with Gasteiger partial charge in [-0.2, -0.15) is 10.4 Å². The highest BCUT2D eigenvalue weighted by molar-refractivity contribution is 6.29. The Morgan fingerprint density at radius 2 is 2.28 bits per heavy atom. The number of nitrogens with zero attached hydrogens (tertiary/aromatic N) is 5. The Morgan fingerprint density at radius 1 is 1.50 bits per heavy atom. The molecule has 0 amide bonds. The monoisotopic (exact) mass is 261 g/mol. The van der Waals surface area contributed by atoms with Crippen molar-refractivity contribution < 1.29 is 0 Å². The van der Waals surface area contributed by atoms with E-state index in [9.17, 15) is 0 Å². The Kier molecular flexibility index (Phi) is 3.49. The fourth-order valence-electron chi connectivity index (χ4n) is 1.65. The van der Waals surface area contributed by atoms with Crippen molar-refractivity contribution in [1.82, 2.24) is 14.8 Å². The molecule has 2 heterocycles. The molecule has 2 aromatic rings. The molecule has 0 fully saturated rings. The number of aryl methyl sites for hydroxylation is 1.